The van der Waals surface area contributed by atoms with Crippen molar-refractivity contribution in [1.29, 1.82) is 0 Å². The van der Waals surface area contributed by atoms with Crippen LogP contribution < -0.4 is 5.11 Å². The van der Waals surface area contributed by atoms with E-state index in [2.05, 4.69) is 0 Å². The van der Waals surface area contributed by atoms with E-state index in [0.29, 0.717) is 23.5 Å². The number of hydrogen-bond donors (Lipinski definition) is 1. The van der Waals surface area contributed by atoms with Crippen LogP contribution in [0.5, 0.6) is 5.75 Å². The van der Waals surface area contributed by atoms with Crippen LogP contribution in [0, 0.1) is 0 Å². The number of benzene rings is 1. The van der Waals surface area contributed by atoms with Crippen molar-refractivity contribution in [2.75, 3.05) is 13.1 Å². The van der Waals surface area contributed by atoms with Gasteiger partial charge < -0.3 is 10.2 Å². The molecule has 8 heteroatoms. The molecule has 0 bridgehead atoms. The number of carboxylic acid groups (broad SMARTS) is 1. The molecular weight excluding hydrogens is 374 g/mol. The van der Waals surface area contributed by atoms with Gasteiger partial charge >= 0.3 is 5.97 Å². The smallest absolute Gasteiger partial charge is 0.337 e. The first-order valence-electron chi connectivity index (χ1n) is 8.20. The van der Waals surface area contributed by atoms with Gasteiger partial charge in [-0.2, -0.15) is 4.31 Å². The Morgan fingerprint density at radius 1 is 1.08 bits per heavy atom. The number of aliphatic carboxylic acids is 1. The van der Waals surface area contributed by atoms with Crippen LogP contribution >= 0.6 is 11.3 Å². The summed E-state index contributed by atoms with van der Waals surface area (Å²) >= 11 is 0.952. The summed E-state index contributed by atoms with van der Waals surface area (Å²) in [6, 6.07) is 8.75. The fourth-order valence-corrected chi connectivity index (χ4v) is 5.79. The van der Waals surface area contributed by atoms with Crippen molar-refractivity contribution in [3.05, 3.63) is 46.8 Å². The Morgan fingerprint density at radius 3 is 2.35 bits per heavy atom. The van der Waals surface area contributed by atoms with E-state index in [1.165, 1.54) is 46.8 Å². The fourth-order valence-electron chi connectivity index (χ4n) is 2.81. The zero-order valence-corrected chi connectivity index (χ0v) is 15.6. The summed E-state index contributed by atoms with van der Waals surface area (Å²) in [5.41, 5.74) is 0.560. The molecule has 0 amide bonds. The van der Waals surface area contributed by atoms with Crippen LogP contribution in [0.15, 0.2) is 40.6 Å². The lowest BCUT2D eigenvalue weighted by Gasteiger charge is -2.25. The van der Waals surface area contributed by atoms with Gasteiger partial charge in [0.1, 0.15) is 4.21 Å². The van der Waals surface area contributed by atoms with Crippen molar-refractivity contribution < 1.29 is 23.4 Å². The van der Waals surface area contributed by atoms with Crippen LogP contribution in [-0.2, 0) is 14.8 Å². The van der Waals surface area contributed by atoms with Gasteiger partial charge in [0, 0.05) is 18.0 Å². The van der Waals surface area contributed by atoms with Gasteiger partial charge in [-0.1, -0.05) is 30.7 Å². The molecule has 1 aromatic carbocycles. The van der Waals surface area contributed by atoms with Gasteiger partial charge in [0.15, 0.2) is 0 Å². The monoisotopic (exact) mass is 392 g/mol. The Hall–Kier alpha value is -2.16. The van der Waals surface area contributed by atoms with E-state index in [-0.39, 0.29) is 15.5 Å². The molecule has 0 radical (unpaired) electrons. The van der Waals surface area contributed by atoms with Crippen molar-refractivity contribution >= 4 is 39.0 Å². The van der Waals surface area contributed by atoms with E-state index in [4.69, 9.17) is 0 Å². The second-order valence-corrected chi connectivity index (χ2v) is 9.26. The van der Waals surface area contributed by atoms with Crippen LogP contribution in [-0.4, -0.2) is 36.9 Å². The molecule has 1 saturated heterocycles. The topological polar surface area (TPSA) is 97.7 Å². The molecule has 2 aromatic rings. The summed E-state index contributed by atoms with van der Waals surface area (Å²) in [5.74, 6) is -1.31. The molecule has 0 saturated carbocycles. The fraction of sp³-hybridized carbons (Fsp3) is 0.278. The van der Waals surface area contributed by atoms with Gasteiger partial charge in [0.25, 0.3) is 10.0 Å². The molecule has 1 aliphatic rings. The lowest BCUT2D eigenvalue weighted by atomic mass is 10.1. The van der Waals surface area contributed by atoms with Gasteiger partial charge in [-0.05, 0) is 36.6 Å². The van der Waals surface area contributed by atoms with E-state index in [9.17, 15) is 23.4 Å². The Labute approximate surface area is 156 Å². The number of carboxylic acids is 1. The Kier molecular flexibility index (Phi) is 5.45. The lowest BCUT2D eigenvalue weighted by molar-refractivity contribution is -0.268. The highest BCUT2D eigenvalue weighted by atomic mass is 32.2. The van der Waals surface area contributed by atoms with Gasteiger partial charge in [-0.25, -0.2) is 13.2 Å². The minimum atomic E-state index is -3.59. The van der Waals surface area contributed by atoms with Crippen LogP contribution in [0.3, 0.4) is 0 Å². The summed E-state index contributed by atoms with van der Waals surface area (Å²) in [5, 5.41) is 20.7. The first kappa shape index (κ1) is 18.6. The molecule has 0 aliphatic carbocycles. The van der Waals surface area contributed by atoms with Gasteiger partial charge in [0.05, 0.1) is 5.57 Å². The lowest BCUT2D eigenvalue weighted by Crippen LogP contribution is -2.35. The van der Waals surface area contributed by atoms with Crippen molar-refractivity contribution in [3.63, 3.8) is 0 Å². The first-order valence-corrected chi connectivity index (χ1v) is 10.5. The number of rotatable bonds is 5. The number of piperidine rings is 1. The predicted octanol–water partition coefficient (Wildman–Crippen LogP) is 2.62. The molecule has 138 valence electrons. The Morgan fingerprint density at radius 2 is 1.73 bits per heavy atom. The van der Waals surface area contributed by atoms with Crippen LogP contribution in [0.4, 0.5) is 0 Å². The number of thiophene rings is 1. The highest BCUT2D eigenvalue weighted by Crippen LogP contribution is 2.32. The summed E-state index contributed by atoms with van der Waals surface area (Å²) in [4.78, 5) is 12.0. The van der Waals surface area contributed by atoms with Crippen molar-refractivity contribution in [2.45, 2.75) is 23.5 Å². The average molecular weight is 392 g/mol. The summed E-state index contributed by atoms with van der Waals surface area (Å²) in [6.45, 7) is 0.997. The zero-order chi connectivity index (χ0) is 18.7. The maximum absolute atomic E-state index is 12.7. The molecule has 3 rings (SSSR count). The maximum Gasteiger partial charge on any atom is 0.337 e. The molecule has 0 spiro atoms. The molecule has 6 nitrogen and oxygen atoms in total. The third kappa shape index (κ3) is 3.98. The Bertz CT molecular complexity index is 923. The van der Waals surface area contributed by atoms with Crippen molar-refractivity contribution in [3.8, 4) is 5.75 Å². The van der Waals surface area contributed by atoms with Gasteiger partial charge in [0.2, 0.25) is 0 Å². The van der Waals surface area contributed by atoms with E-state index >= 15 is 0 Å². The molecule has 1 aromatic heterocycles. The number of hydrogen-bond acceptors (Lipinski definition) is 5. The maximum atomic E-state index is 12.7. The second kappa shape index (κ2) is 7.61. The van der Waals surface area contributed by atoms with E-state index in [0.717, 1.165) is 30.6 Å². The van der Waals surface area contributed by atoms with Crippen molar-refractivity contribution in [2.24, 2.45) is 0 Å². The summed E-state index contributed by atoms with van der Waals surface area (Å²) in [6.07, 6.45) is 4.14. The summed E-state index contributed by atoms with van der Waals surface area (Å²) in [7, 11) is -3.59. The zero-order valence-electron chi connectivity index (χ0n) is 13.9. The van der Waals surface area contributed by atoms with E-state index < -0.39 is 16.0 Å². The summed E-state index contributed by atoms with van der Waals surface area (Å²) < 4.78 is 27.1. The SMILES string of the molecule is O=C(O)/C(=C\c1ccc([O-])cc1)c1ccc(S(=O)(=O)N2CCCCC2)s1. The normalized spacial score (nSPS) is 16.5. The van der Waals surface area contributed by atoms with E-state index in [1.54, 1.807) is 0 Å². The van der Waals surface area contributed by atoms with Gasteiger partial charge in [-0.3, -0.25) is 0 Å². The van der Waals surface area contributed by atoms with Crippen LogP contribution in [0.25, 0.3) is 11.6 Å². The molecular formula is C18H18NO5S2-. The molecule has 2 heterocycles. The third-order valence-electron chi connectivity index (χ3n) is 4.18. The Balaban J connectivity index is 1.93. The largest absolute Gasteiger partial charge is 0.872 e. The molecule has 0 unspecified atom stereocenters. The number of sulfonamides is 1. The number of carbonyl (C=O) groups is 1. The van der Waals surface area contributed by atoms with E-state index in [1.807, 2.05) is 0 Å². The van der Waals surface area contributed by atoms with Crippen LogP contribution in [0.2, 0.25) is 0 Å². The molecule has 1 N–H and O–H groups in total. The quantitative estimate of drug-likeness (QED) is 0.789. The number of nitrogens with zero attached hydrogens (tertiary/aromatic N) is 1. The highest BCUT2D eigenvalue weighted by Gasteiger charge is 2.28. The molecule has 26 heavy (non-hydrogen) atoms. The third-order valence-corrected chi connectivity index (χ3v) is 7.66. The highest BCUT2D eigenvalue weighted by molar-refractivity contribution is 7.91. The first-order chi connectivity index (χ1) is 12.4. The second-order valence-electron chi connectivity index (χ2n) is 6.02. The predicted molar refractivity (Wildman–Crippen MR) is 98.3 cm³/mol. The average Bonchev–Trinajstić information content (AvgIpc) is 3.12. The van der Waals surface area contributed by atoms with Crippen LogP contribution in [0.1, 0.15) is 29.7 Å². The minimum Gasteiger partial charge on any atom is -0.872 e. The standard InChI is InChI=1S/C18H19NO5S2/c20-14-6-4-13(5-7-14)12-15(18(21)22)16-8-9-17(25-16)26(23,24)19-10-2-1-3-11-19/h4-9,12,20H,1-3,10-11H2,(H,21,22)/p-1/b15-12-. The van der Waals surface area contributed by atoms with Gasteiger partial charge in [-0.15, -0.1) is 17.1 Å². The molecule has 1 aliphatic heterocycles. The molecule has 0 atom stereocenters. The minimum absolute atomic E-state index is 0.00579. The van der Waals surface area contributed by atoms with Crippen molar-refractivity contribution in [1.82, 2.24) is 4.31 Å². The molecule has 1 fully saturated rings.